The molecule has 7 nitrogen and oxygen atoms in total. The van der Waals surface area contributed by atoms with Gasteiger partial charge in [0.05, 0.1) is 0 Å². The van der Waals surface area contributed by atoms with E-state index in [1.165, 1.54) is 18.7 Å². The van der Waals surface area contributed by atoms with Crippen molar-refractivity contribution in [1.29, 1.82) is 0 Å². The van der Waals surface area contributed by atoms with Crippen LogP contribution < -0.4 is 0 Å². The molecule has 0 N–H and O–H groups in total. The van der Waals surface area contributed by atoms with E-state index in [2.05, 4.69) is 0 Å². The molecule has 0 aliphatic rings. The summed E-state index contributed by atoms with van der Waals surface area (Å²) in [7, 11) is -1.63. The van der Waals surface area contributed by atoms with Crippen molar-refractivity contribution in [3.63, 3.8) is 0 Å². The van der Waals surface area contributed by atoms with Crippen LogP contribution in [-0.4, -0.2) is 54.4 Å². The van der Waals surface area contributed by atoms with Crippen LogP contribution in [0.15, 0.2) is 0 Å². The zero-order valence-corrected chi connectivity index (χ0v) is 16.0. The summed E-state index contributed by atoms with van der Waals surface area (Å²) in [4.78, 5) is 24.4. The second kappa shape index (κ2) is 8.91. The summed E-state index contributed by atoms with van der Waals surface area (Å²) >= 11 is 1.51. The van der Waals surface area contributed by atoms with Crippen molar-refractivity contribution in [2.45, 2.75) is 45.8 Å². The van der Waals surface area contributed by atoms with Gasteiger partial charge in [0.15, 0.2) is 5.78 Å². The third-order valence-corrected chi connectivity index (χ3v) is 5.20. The average molecular weight is 355 g/mol. The Labute approximate surface area is 136 Å². The van der Waals surface area contributed by atoms with Crippen LogP contribution in [0.4, 0.5) is 4.79 Å². The minimum absolute atomic E-state index is 0.311. The number of rotatable bonds is 8. The van der Waals surface area contributed by atoms with Crippen LogP contribution in [0.3, 0.4) is 0 Å². The summed E-state index contributed by atoms with van der Waals surface area (Å²) in [6.07, 6.45) is 1.30. The standard InChI is InChI=1S/C13H26NO6PS/c1-10(15)11(8-9-22-7)14(21(17,18-5)19-6)12(16)20-13(2,3)4/h11H,8-9H2,1-7H3/t11-/m0/s1. The smallest absolute Gasteiger partial charge is 0.440 e. The fourth-order valence-electron chi connectivity index (χ4n) is 1.68. The molecular weight excluding hydrogens is 329 g/mol. The van der Waals surface area contributed by atoms with Gasteiger partial charge in [-0.1, -0.05) is 0 Å². The summed E-state index contributed by atoms with van der Waals surface area (Å²) in [6, 6.07) is -0.937. The molecule has 9 heteroatoms. The van der Waals surface area contributed by atoms with Crippen molar-refractivity contribution < 1.29 is 27.9 Å². The van der Waals surface area contributed by atoms with Gasteiger partial charge in [-0.25, -0.2) is 14.0 Å². The predicted octanol–water partition coefficient (Wildman–Crippen LogP) is 3.34. The Kier molecular flexibility index (Phi) is 8.69. The quantitative estimate of drug-likeness (QED) is 0.618. The molecule has 0 aliphatic heterocycles. The molecule has 0 rings (SSSR count). The Morgan fingerprint density at radius 3 is 2.05 bits per heavy atom. The average Bonchev–Trinajstić information content (AvgIpc) is 2.40. The summed E-state index contributed by atoms with van der Waals surface area (Å²) in [5.74, 6) is 0.297. The first-order valence-electron chi connectivity index (χ1n) is 6.76. The normalized spacial score (nSPS) is 13.6. The first-order valence-corrected chi connectivity index (χ1v) is 9.65. The maximum absolute atomic E-state index is 12.7. The Hall–Kier alpha value is -0.560. The Bertz CT molecular complexity index is 429. The molecule has 0 saturated carbocycles. The number of carbonyl (C=O) groups is 2. The summed E-state index contributed by atoms with van der Waals surface area (Å²) in [5.41, 5.74) is -0.803. The second-order valence-electron chi connectivity index (χ2n) is 5.57. The zero-order valence-electron chi connectivity index (χ0n) is 14.2. The lowest BCUT2D eigenvalue weighted by molar-refractivity contribution is -0.121. The van der Waals surface area contributed by atoms with Gasteiger partial charge in [0.25, 0.3) is 0 Å². The highest BCUT2D eigenvalue weighted by Crippen LogP contribution is 2.53. The molecule has 0 bridgehead atoms. The Balaban J connectivity index is 5.71. The highest BCUT2D eigenvalue weighted by Gasteiger charge is 2.44. The van der Waals surface area contributed by atoms with Crippen molar-refractivity contribution in [2.24, 2.45) is 0 Å². The second-order valence-corrected chi connectivity index (χ2v) is 8.65. The van der Waals surface area contributed by atoms with Crippen LogP contribution in [0.2, 0.25) is 0 Å². The van der Waals surface area contributed by atoms with Gasteiger partial charge >= 0.3 is 13.8 Å². The van der Waals surface area contributed by atoms with Crippen molar-refractivity contribution in [3.8, 4) is 0 Å². The maximum Gasteiger partial charge on any atom is 0.440 e. The lowest BCUT2D eigenvalue weighted by atomic mass is 10.1. The number of ketones is 1. The highest BCUT2D eigenvalue weighted by molar-refractivity contribution is 7.98. The van der Waals surface area contributed by atoms with E-state index < -0.39 is 25.5 Å². The third kappa shape index (κ3) is 6.28. The largest absolute Gasteiger partial charge is 0.443 e. The number of carbonyl (C=O) groups excluding carboxylic acids is 2. The summed E-state index contributed by atoms with van der Waals surface area (Å²) < 4.78 is 28.6. The Morgan fingerprint density at radius 2 is 1.73 bits per heavy atom. The van der Waals surface area contributed by atoms with E-state index in [0.717, 1.165) is 18.9 Å². The van der Waals surface area contributed by atoms with Crippen LogP contribution in [0.5, 0.6) is 0 Å². The molecular formula is C13H26NO6PS. The van der Waals surface area contributed by atoms with Gasteiger partial charge < -0.3 is 4.74 Å². The molecule has 0 aliphatic carbocycles. The fraction of sp³-hybridized carbons (Fsp3) is 0.846. The van der Waals surface area contributed by atoms with Crippen molar-refractivity contribution in [1.82, 2.24) is 4.67 Å². The SMILES string of the molecule is COP(=O)(OC)N(C(=O)OC(C)(C)C)[C@@H](CCSC)C(C)=O. The minimum atomic E-state index is -3.95. The first-order chi connectivity index (χ1) is 10.0. The molecule has 0 unspecified atom stereocenters. The van der Waals surface area contributed by atoms with Gasteiger partial charge in [-0.2, -0.15) is 11.8 Å². The van der Waals surface area contributed by atoms with Gasteiger partial charge in [0.1, 0.15) is 11.6 Å². The van der Waals surface area contributed by atoms with Crippen LogP contribution in [-0.2, 0) is 23.1 Å². The topological polar surface area (TPSA) is 82.1 Å². The monoisotopic (exact) mass is 355 g/mol. The summed E-state index contributed by atoms with van der Waals surface area (Å²) in [5, 5.41) is 0. The van der Waals surface area contributed by atoms with E-state index in [1.54, 1.807) is 20.8 Å². The van der Waals surface area contributed by atoms with E-state index >= 15 is 0 Å². The van der Waals surface area contributed by atoms with Crippen LogP contribution in [0, 0.1) is 0 Å². The lowest BCUT2D eigenvalue weighted by Gasteiger charge is -2.34. The molecule has 1 atom stereocenters. The molecule has 0 radical (unpaired) electrons. The fourth-order valence-corrected chi connectivity index (χ4v) is 3.50. The van der Waals surface area contributed by atoms with Crippen molar-refractivity contribution >= 4 is 31.4 Å². The van der Waals surface area contributed by atoms with Gasteiger partial charge in [-0.05, 0) is 46.1 Å². The van der Waals surface area contributed by atoms with Crippen LogP contribution >= 0.6 is 19.5 Å². The van der Waals surface area contributed by atoms with E-state index in [1.807, 2.05) is 6.26 Å². The van der Waals surface area contributed by atoms with E-state index in [0.29, 0.717) is 12.2 Å². The maximum atomic E-state index is 12.7. The first kappa shape index (κ1) is 21.4. The Morgan fingerprint density at radius 1 is 1.23 bits per heavy atom. The van der Waals surface area contributed by atoms with Gasteiger partial charge in [-0.3, -0.25) is 13.8 Å². The molecule has 1 amide bonds. The molecule has 0 aromatic rings. The van der Waals surface area contributed by atoms with Crippen LogP contribution in [0.25, 0.3) is 0 Å². The minimum Gasteiger partial charge on any atom is -0.443 e. The van der Waals surface area contributed by atoms with E-state index in [4.69, 9.17) is 13.8 Å². The number of amides is 1. The molecule has 0 heterocycles. The molecule has 22 heavy (non-hydrogen) atoms. The number of hydrogen-bond donors (Lipinski definition) is 0. The predicted molar refractivity (Wildman–Crippen MR) is 87.2 cm³/mol. The third-order valence-electron chi connectivity index (χ3n) is 2.67. The number of hydrogen-bond acceptors (Lipinski definition) is 7. The summed E-state index contributed by atoms with van der Waals surface area (Å²) in [6.45, 7) is 6.37. The van der Waals surface area contributed by atoms with Gasteiger partial charge in [0.2, 0.25) is 0 Å². The van der Waals surface area contributed by atoms with Gasteiger partial charge in [0, 0.05) is 14.2 Å². The zero-order chi connectivity index (χ0) is 17.6. The number of nitrogens with zero attached hydrogens (tertiary/aromatic N) is 1. The van der Waals surface area contributed by atoms with Crippen LogP contribution in [0.1, 0.15) is 34.1 Å². The molecule has 0 saturated heterocycles. The van der Waals surface area contributed by atoms with Crippen molar-refractivity contribution in [2.75, 3.05) is 26.2 Å². The molecule has 0 aromatic carbocycles. The molecule has 0 fully saturated rings. The molecule has 130 valence electrons. The van der Waals surface area contributed by atoms with Gasteiger partial charge in [-0.15, -0.1) is 0 Å². The lowest BCUT2D eigenvalue weighted by Crippen LogP contribution is -2.45. The van der Waals surface area contributed by atoms with E-state index in [-0.39, 0.29) is 5.78 Å². The number of Topliss-reactive ketones (excluding diaryl/α,β-unsaturated/α-hetero) is 1. The number of ether oxygens (including phenoxy) is 1. The van der Waals surface area contributed by atoms with Crippen molar-refractivity contribution in [3.05, 3.63) is 0 Å². The highest BCUT2D eigenvalue weighted by atomic mass is 32.2. The molecule has 0 spiro atoms. The van der Waals surface area contributed by atoms with E-state index in [9.17, 15) is 14.2 Å². The molecule has 0 aromatic heterocycles. The number of thioether (sulfide) groups is 1.